The van der Waals surface area contributed by atoms with Gasteiger partial charge >= 0.3 is 0 Å². The third-order valence-corrected chi connectivity index (χ3v) is 7.22. The second kappa shape index (κ2) is 9.01. The SMILES string of the molecule is CC(c1ccccc1Cl)N1CCN(C(=O)C(C)n2c(-c3cccs3)n[nH]c2=S)CC1. The largest absolute Gasteiger partial charge is 0.338 e. The lowest BCUT2D eigenvalue weighted by Gasteiger charge is -2.39. The van der Waals surface area contributed by atoms with Gasteiger partial charge < -0.3 is 4.90 Å². The minimum atomic E-state index is -0.416. The van der Waals surface area contributed by atoms with E-state index in [1.165, 1.54) is 0 Å². The molecule has 0 radical (unpaired) electrons. The standard InChI is InChI=1S/C21H24ClN5OS2/c1-14(16-6-3-4-7-17(16)22)25-9-11-26(12-10-25)20(28)15(2)27-19(23-24-21(27)29)18-8-5-13-30-18/h3-8,13-15H,9-12H2,1-2H3,(H,24,29). The Morgan fingerprint density at radius 3 is 2.57 bits per heavy atom. The number of hydrogen-bond acceptors (Lipinski definition) is 5. The van der Waals surface area contributed by atoms with E-state index in [9.17, 15) is 4.79 Å². The number of nitrogens with one attached hydrogen (secondary N) is 1. The summed E-state index contributed by atoms with van der Waals surface area (Å²) in [4.78, 5) is 18.5. The minimum absolute atomic E-state index is 0.0651. The molecule has 9 heteroatoms. The fourth-order valence-electron chi connectivity index (χ4n) is 3.96. The Morgan fingerprint density at radius 1 is 1.17 bits per heavy atom. The van der Waals surface area contributed by atoms with Crippen molar-refractivity contribution in [2.24, 2.45) is 0 Å². The maximum atomic E-state index is 13.3. The van der Waals surface area contributed by atoms with Gasteiger partial charge in [-0.1, -0.05) is 35.9 Å². The first-order valence-corrected chi connectivity index (χ1v) is 11.6. The van der Waals surface area contributed by atoms with Crippen LogP contribution in [0.4, 0.5) is 0 Å². The monoisotopic (exact) mass is 461 g/mol. The smallest absolute Gasteiger partial charge is 0.245 e. The highest BCUT2D eigenvalue weighted by Crippen LogP contribution is 2.29. The molecule has 30 heavy (non-hydrogen) atoms. The number of H-pyrrole nitrogens is 1. The van der Waals surface area contributed by atoms with E-state index in [2.05, 4.69) is 28.1 Å². The molecule has 1 saturated heterocycles. The van der Waals surface area contributed by atoms with Crippen LogP contribution in [0.5, 0.6) is 0 Å². The normalized spacial score (nSPS) is 17.1. The Morgan fingerprint density at radius 2 is 1.90 bits per heavy atom. The summed E-state index contributed by atoms with van der Waals surface area (Å²) in [6.07, 6.45) is 0. The van der Waals surface area contributed by atoms with Crippen LogP contribution in [-0.2, 0) is 4.79 Å². The van der Waals surface area contributed by atoms with Gasteiger partial charge in [0.2, 0.25) is 5.91 Å². The van der Waals surface area contributed by atoms with Gasteiger partial charge in [0.1, 0.15) is 6.04 Å². The summed E-state index contributed by atoms with van der Waals surface area (Å²) in [6, 6.07) is 11.7. The van der Waals surface area contributed by atoms with E-state index in [1.54, 1.807) is 11.3 Å². The number of carbonyl (C=O) groups is 1. The highest BCUT2D eigenvalue weighted by Gasteiger charge is 2.30. The number of carbonyl (C=O) groups excluding carboxylic acids is 1. The molecule has 0 aliphatic carbocycles. The Balaban J connectivity index is 1.45. The van der Waals surface area contributed by atoms with Crippen LogP contribution in [0, 0.1) is 4.77 Å². The zero-order valence-corrected chi connectivity index (χ0v) is 19.3. The van der Waals surface area contributed by atoms with Crippen molar-refractivity contribution in [3.05, 3.63) is 57.1 Å². The summed E-state index contributed by atoms with van der Waals surface area (Å²) in [5.41, 5.74) is 1.12. The fourth-order valence-corrected chi connectivity index (χ4v) is 5.25. The summed E-state index contributed by atoms with van der Waals surface area (Å²) in [5, 5.41) is 9.96. The predicted molar refractivity (Wildman–Crippen MR) is 123 cm³/mol. The molecule has 1 aliphatic rings. The molecule has 1 fully saturated rings. The Bertz CT molecular complexity index is 1070. The molecule has 4 rings (SSSR count). The predicted octanol–water partition coefficient (Wildman–Crippen LogP) is 4.79. The van der Waals surface area contributed by atoms with E-state index < -0.39 is 6.04 Å². The van der Waals surface area contributed by atoms with Crippen molar-refractivity contribution < 1.29 is 4.79 Å². The number of halogens is 1. The van der Waals surface area contributed by atoms with E-state index in [0.29, 0.717) is 23.7 Å². The Hall–Kier alpha value is -2.00. The van der Waals surface area contributed by atoms with Crippen LogP contribution >= 0.6 is 35.2 Å². The van der Waals surface area contributed by atoms with Crippen molar-refractivity contribution in [3.63, 3.8) is 0 Å². The maximum absolute atomic E-state index is 13.3. The number of piperazine rings is 1. The molecule has 0 bridgehead atoms. The summed E-state index contributed by atoms with van der Waals surface area (Å²) in [6.45, 7) is 7.02. The molecule has 1 amide bonds. The number of benzene rings is 1. The van der Waals surface area contributed by atoms with Crippen LogP contribution < -0.4 is 0 Å². The molecule has 1 aromatic carbocycles. The lowest BCUT2D eigenvalue weighted by molar-refractivity contribution is -0.136. The van der Waals surface area contributed by atoms with Gasteiger partial charge in [-0.05, 0) is 49.1 Å². The first-order chi connectivity index (χ1) is 14.5. The third-order valence-electron chi connectivity index (χ3n) is 5.72. The van der Waals surface area contributed by atoms with Gasteiger partial charge in [-0.2, -0.15) is 5.10 Å². The lowest BCUT2D eigenvalue weighted by atomic mass is 10.1. The molecule has 6 nitrogen and oxygen atoms in total. The van der Waals surface area contributed by atoms with Crippen molar-refractivity contribution in [1.29, 1.82) is 0 Å². The van der Waals surface area contributed by atoms with Crippen molar-refractivity contribution in [2.45, 2.75) is 25.9 Å². The van der Waals surface area contributed by atoms with Crippen LogP contribution in [0.15, 0.2) is 41.8 Å². The van der Waals surface area contributed by atoms with Gasteiger partial charge in [-0.3, -0.25) is 19.4 Å². The van der Waals surface area contributed by atoms with Gasteiger partial charge in [0, 0.05) is 37.2 Å². The quantitative estimate of drug-likeness (QED) is 0.555. The number of aromatic amines is 1. The average molecular weight is 462 g/mol. The third kappa shape index (κ3) is 4.09. The average Bonchev–Trinajstić information content (AvgIpc) is 3.42. The summed E-state index contributed by atoms with van der Waals surface area (Å²) >= 11 is 13.4. The van der Waals surface area contributed by atoms with E-state index in [-0.39, 0.29) is 11.9 Å². The molecular formula is C21H24ClN5OS2. The molecule has 0 saturated carbocycles. The zero-order chi connectivity index (χ0) is 21.3. The van der Waals surface area contributed by atoms with Crippen LogP contribution in [-0.4, -0.2) is 56.7 Å². The van der Waals surface area contributed by atoms with Crippen LogP contribution in [0.1, 0.15) is 31.5 Å². The second-order valence-corrected chi connectivity index (χ2v) is 9.18. The molecule has 2 aromatic heterocycles. The minimum Gasteiger partial charge on any atom is -0.338 e. The lowest BCUT2D eigenvalue weighted by Crippen LogP contribution is -2.50. The van der Waals surface area contributed by atoms with Gasteiger partial charge in [0.25, 0.3) is 0 Å². The Kier molecular flexibility index (Phi) is 6.38. The van der Waals surface area contributed by atoms with Gasteiger partial charge in [-0.15, -0.1) is 11.3 Å². The molecular weight excluding hydrogens is 438 g/mol. The number of thiophene rings is 1. The maximum Gasteiger partial charge on any atom is 0.245 e. The molecule has 2 atom stereocenters. The van der Waals surface area contributed by atoms with Gasteiger partial charge in [0.15, 0.2) is 10.6 Å². The molecule has 0 spiro atoms. The second-order valence-electron chi connectivity index (χ2n) is 7.43. The van der Waals surface area contributed by atoms with Crippen LogP contribution in [0.3, 0.4) is 0 Å². The van der Waals surface area contributed by atoms with Gasteiger partial charge in [0.05, 0.1) is 4.88 Å². The number of rotatable bonds is 5. The van der Waals surface area contributed by atoms with Crippen molar-refractivity contribution in [3.8, 4) is 10.7 Å². The summed E-state index contributed by atoms with van der Waals surface area (Å²) in [7, 11) is 0. The first-order valence-electron chi connectivity index (χ1n) is 9.95. The molecule has 2 unspecified atom stereocenters. The number of nitrogens with zero attached hydrogens (tertiary/aromatic N) is 4. The van der Waals surface area contributed by atoms with Crippen LogP contribution in [0.2, 0.25) is 5.02 Å². The van der Waals surface area contributed by atoms with Crippen molar-refractivity contribution in [1.82, 2.24) is 24.6 Å². The van der Waals surface area contributed by atoms with E-state index >= 15 is 0 Å². The molecule has 3 heterocycles. The van der Waals surface area contributed by atoms with Gasteiger partial charge in [-0.25, -0.2) is 0 Å². The van der Waals surface area contributed by atoms with Crippen molar-refractivity contribution >= 4 is 41.1 Å². The van der Waals surface area contributed by atoms with E-state index in [1.807, 2.05) is 52.1 Å². The topological polar surface area (TPSA) is 57.2 Å². The molecule has 158 valence electrons. The molecule has 3 aromatic rings. The molecule has 1 N–H and O–H groups in total. The summed E-state index contributed by atoms with van der Waals surface area (Å²) < 4.78 is 2.28. The number of hydrogen-bond donors (Lipinski definition) is 1. The van der Waals surface area contributed by atoms with Crippen LogP contribution in [0.25, 0.3) is 10.7 Å². The highest BCUT2D eigenvalue weighted by molar-refractivity contribution is 7.71. The van der Waals surface area contributed by atoms with E-state index in [4.69, 9.17) is 23.8 Å². The Labute approximate surface area is 190 Å². The van der Waals surface area contributed by atoms with E-state index in [0.717, 1.165) is 28.6 Å². The number of aromatic nitrogens is 3. The molecule has 1 aliphatic heterocycles. The highest BCUT2D eigenvalue weighted by atomic mass is 35.5. The zero-order valence-electron chi connectivity index (χ0n) is 16.9. The fraction of sp³-hybridized carbons (Fsp3) is 0.381. The number of amides is 1. The van der Waals surface area contributed by atoms with Crippen molar-refractivity contribution in [2.75, 3.05) is 26.2 Å². The first kappa shape index (κ1) is 21.2. The summed E-state index contributed by atoms with van der Waals surface area (Å²) in [5.74, 6) is 0.775.